The minimum Gasteiger partial charge on any atom is -0.497 e. The summed E-state index contributed by atoms with van der Waals surface area (Å²) in [6.45, 7) is 1.69. The fourth-order valence-electron chi connectivity index (χ4n) is 3.60. The van der Waals surface area contributed by atoms with Gasteiger partial charge in [0, 0.05) is 16.3 Å². The average molecular weight is 388 g/mol. The summed E-state index contributed by atoms with van der Waals surface area (Å²) in [6.07, 6.45) is 0. The predicted octanol–water partition coefficient (Wildman–Crippen LogP) is 3.07. The maximum Gasteiger partial charge on any atom is 0.318 e. The Morgan fingerprint density at radius 1 is 1.26 bits per heavy atom. The summed E-state index contributed by atoms with van der Waals surface area (Å²) >= 11 is 5.90. The Kier molecular flexibility index (Phi) is 4.11. The molecule has 2 heterocycles. The van der Waals surface area contributed by atoms with Gasteiger partial charge in [-0.15, -0.1) is 0 Å². The largest absolute Gasteiger partial charge is 0.497 e. The van der Waals surface area contributed by atoms with E-state index >= 15 is 0 Å². The molecular weight excluding hydrogens is 370 g/mol. The highest BCUT2D eigenvalue weighted by Gasteiger charge is 2.55. The van der Waals surface area contributed by atoms with Crippen LogP contribution in [-0.4, -0.2) is 24.8 Å². The van der Waals surface area contributed by atoms with Crippen LogP contribution in [0.25, 0.3) is 0 Å². The summed E-state index contributed by atoms with van der Waals surface area (Å²) in [7, 11) is 1.56. The molecule has 3 N–H and O–H groups in total. The highest BCUT2D eigenvalue weighted by atomic mass is 35.5. The molecule has 2 bridgehead atoms. The summed E-state index contributed by atoms with van der Waals surface area (Å²) < 4.78 is 11.3. The van der Waals surface area contributed by atoms with Gasteiger partial charge in [-0.2, -0.15) is 0 Å². The molecule has 2 aromatic rings. The van der Waals surface area contributed by atoms with E-state index in [-0.39, 0.29) is 5.91 Å². The number of rotatable bonds is 3. The lowest BCUT2D eigenvalue weighted by Gasteiger charge is -2.49. The molecule has 0 aromatic heterocycles. The van der Waals surface area contributed by atoms with Gasteiger partial charge in [0.15, 0.2) is 5.72 Å². The van der Waals surface area contributed by atoms with Gasteiger partial charge >= 0.3 is 6.03 Å². The number of carbonyl (C=O) groups is 2. The van der Waals surface area contributed by atoms with Crippen molar-refractivity contribution in [2.45, 2.75) is 18.7 Å². The van der Waals surface area contributed by atoms with E-state index in [0.717, 1.165) is 0 Å². The Morgan fingerprint density at radius 2 is 2.00 bits per heavy atom. The van der Waals surface area contributed by atoms with Crippen molar-refractivity contribution in [3.8, 4) is 11.5 Å². The van der Waals surface area contributed by atoms with E-state index in [2.05, 4.69) is 16.0 Å². The second-order valence-electron chi connectivity index (χ2n) is 6.66. The standard InChI is InChI=1S/C19H18ClN3O4/c1-19-15(17(24)21-11-5-3-10(20)4-6-11)16(22-18(25)23-19)13-9-12(26-2)7-8-14(13)27-19/h3-9,15-16H,1-2H3,(H,21,24)(H2,22,23,25)/t15-,16-,19+/m1/s1. The third-order valence-corrected chi connectivity index (χ3v) is 5.10. The molecule has 0 saturated carbocycles. The van der Waals surface area contributed by atoms with E-state index in [0.29, 0.717) is 27.8 Å². The van der Waals surface area contributed by atoms with E-state index in [1.807, 2.05) is 0 Å². The molecule has 140 valence electrons. The van der Waals surface area contributed by atoms with E-state index in [4.69, 9.17) is 21.1 Å². The summed E-state index contributed by atoms with van der Waals surface area (Å²) in [4.78, 5) is 25.2. The first-order valence-electron chi connectivity index (χ1n) is 8.42. The number of carbonyl (C=O) groups excluding carboxylic acids is 2. The van der Waals surface area contributed by atoms with Gasteiger partial charge in [0.05, 0.1) is 13.2 Å². The van der Waals surface area contributed by atoms with Crippen LogP contribution in [0.3, 0.4) is 0 Å². The summed E-state index contributed by atoms with van der Waals surface area (Å²) in [6, 6.07) is 11.2. The lowest BCUT2D eigenvalue weighted by atomic mass is 9.79. The number of methoxy groups -OCH3 is 1. The predicted molar refractivity (Wildman–Crippen MR) is 100 cm³/mol. The maximum atomic E-state index is 13.1. The Labute approximate surface area is 161 Å². The van der Waals surface area contributed by atoms with Crippen LogP contribution < -0.4 is 25.4 Å². The zero-order valence-corrected chi connectivity index (χ0v) is 15.5. The SMILES string of the molecule is COc1ccc2c(c1)[C@H]1NC(=O)N[C@@](C)(O2)[C@H]1C(=O)Nc1ccc(Cl)cc1. The van der Waals surface area contributed by atoms with Crippen molar-refractivity contribution in [2.24, 2.45) is 5.92 Å². The number of hydrogen-bond donors (Lipinski definition) is 3. The summed E-state index contributed by atoms with van der Waals surface area (Å²) in [5.74, 6) is 0.216. The van der Waals surface area contributed by atoms with Gasteiger partial charge in [0.2, 0.25) is 5.91 Å². The van der Waals surface area contributed by atoms with Crippen molar-refractivity contribution < 1.29 is 19.1 Å². The fourth-order valence-corrected chi connectivity index (χ4v) is 3.73. The van der Waals surface area contributed by atoms with E-state index < -0.39 is 23.7 Å². The molecule has 1 saturated heterocycles. The topological polar surface area (TPSA) is 88.7 Å². The van der Waals surface area contributed by atoms with Gasteiger partial charge in [-0.25, -0.2) is 4.79 Å². The molecule has 0 unspecified atom stereocenters. The third kappa shape index (κ3) is 3.04. The molecule has 27 heavy (non-hydrogen) atoms. The molecule has 2 aliphatic heterocycles. The van der Waals surface area contributed by atoms with Gasteiger partial charge in [-0.3, -0.25) is 10.1 Å². The van der Waals surface area contributed by atoms with Crippen molar-refractivity contribution in [1.82, 2.24) is 10.6 Å². The zero-order valence-electron chi connectivity index (χ0n) is 14.7. The maximum absolute atomic E-state index is 13.1. The number of amides is 3. The molecule has 2 aliphatic rings. The Balaban J connectivity index is 1.71. The van der Waals surface area contributed by atoms with Gasteiger partial charge in [0.25, 0.3) is 0 Å². The molecule has 0 radical (unpaired) electrons. The van der Waals surface area contributed by atoms with Gasteiger partial charge in [-0.1, -0.05) is 11.6 Å². The first-order valence-corrected chi connectivity index (χ1v) is 8.79. The van der Waals surface area contributed by atoms with Crippen molar-refractivity contribution in [3.63, 3.8) is 0 Å². The average Bonchev–Trinajstić information content (AvgIpc) is 2.62. The number of anilines is 1. The van der Waals surface area contributed by atoms with Crippen molar-refractivity contribution in [1.29, 1.82) is 0 Å². The Morgan fingerprint density at radius 3 is 2.70 bits per heavy atom. The minimum absolute atomic E-state index is 0.286. The monoisotopic (exact) mass is 387 g/mol. The normalized spacial score (nSPS) is 25.4. The van der Waals surface area contributed by atoms with Crippen LogP contribution in [-0.2, 0) is 4.79 Å². The molecular formula is C19H18ClN3O4. The van der Waals surface area contributed by atoms with Crippen LogP contribution in [0.1, 0.15) is 18.5 Å². The van der Waals surface area contributed by atoms with E-state index in [1.54, 1.807) is 56.5 Å². The summed E-state index contributed by atoms with van der Waals surface area (Å²) in [5.41, 5.74) is 0.109. The summed E-state index contributed by atoms with van der Waals surface area (Å²) in [5, 5.41) is 9.02. The number of halogens is 1. The molecule has 7 nitrogen and oxygen atoms in total. The number of fused-ring (bicyclic) bond motifs is 4. The zero-order chi connectivity index (χ0) is 19.2. The second kappa shape index (κ2) is 6.35. The number of hydrogen-bond acceptors (Lipinski definition) is 4. The smallest absolute Gasteiger partial charge is 0.318 e. The van der Waals surface area contributed by atoms with Crippen molar-refractivity contribution in [2.75, 3.05) is 12.4 Å². The second-order valence-corrected chi connectivity index (χ2v) is 7.10. The molecule has 8 heteroatoms. The van der Waals surface area contributed by atoms with Gasteiger partial charge < -0.3 is 20.1 Å². The number of ether oxygens (including phenoxy) is 2. The van der Waals surface area contributed by atoms with Crippen LogP contribution in [0.5, 0.6) is 11.5 Å². The number of nitrogens with one attached hydrogen (secondary N) is 3. The van der Waals surface area contributed by atoms with Gasteiger partial charge in [-0.05, 0) is 49.4 Å². The lowest BCUT2D eigenvalue weighted by Crippen LogP contribution is -2.70. The van der Waals surface area contributed by atoms with Crippen LogP contribution in [0.4, 0.5) is 10.5 Å². The minimum atomic E-state index is -1.19. The molecule has 0 spiro atoms. The first kappa shape index (κ1) is 17.5. The molecule has 1 fully saturated rings. The quantitative estimate of drug-likeness (QED) is 0.755. The lowest BCUT2D eigenvalue weighted by molar-refractivity contribution is -0.133. The highest BCUT2D eigenvalue weighted by molar-refractivity contribution is 6.30. The number of urea groups is 1. The van der Waals surface area contributed by atoms with Crippen LogP contribution in [0, 0.1) is 5.92 Å². The van der Waals surface area contributed by atoms with E-state index in [1.165, 1.54) is 0 Å². The molecule has 0 aliphatic carbocycles. The van der Waals surface area contributed by atoms with Crippen molar-refractivity contribution in [3.05, 3.63) is 53.1 Å². The number of benzene rings is 2. The Hall–Kier alpha value is -2.93. The van der Waals surface area contributed by atoms with Gasteiger partial charge in [0.1, 0.15) is 17.4 Å². The molecule has 4 rings (SSSR count). The van der Waals surface area contributed by atoms with Crippen LogP contribution in [0.2, 0.25) is 5.02 Å². The Bertz CT molecular complexity index is 918. The third-order valence-electron chi connectivity index (χ3n) is 4.84. The molecule has 3 amide bonds. The molecule has 2 aromatic carbocycles. The van der Waals surface area contributed by atoms with Crippen LogP contribution in [0.15, 0.2) is 42.5 Å². The van der Waals surface area contributed by atoms with E-state index in [9.17, 15) is 9.59 Å². The fraction of sp³-hybridized carbons (Fsp3) is 0.263. The first-order chi connectivity index (χ1) is 12.9. The van der Waals surface area contributed by atoms with Crippen LogP contribution >= 0.6 is 11.6 Å². The van der Waals surface area contributed by atoms with Crippen molar-refractivity contribution >= 4 is 29.2 Å². The molecule has 3 atom stereocenters. The highest BCUT2D eigenvalue weighted by Crippen LogP contribution is 2.46.